The fourth-order valence-corrected chi connectivity index (χ4v) is 3.14. The van der Waals surface area contributed by atoms with Crippen LogP contribution in [-0.2, 0) is 6.42 Å². The van der Waals surface area contributed by atoms with E-state index in [2.05, 4.69) is 29.0 Å². The number of hydrogen-bond donors (Lipinski definition) is 0. The van der Waals surface area contributed by atoms with Crippen molar-refractivity contribution in [2.24, 2.45) is 0 Å². The summed E-state index contributed by atoms with van der Waals surface area (Å²) in [5.41, 5.74) is 7.09. The largest absolute Gasteiger partial charge is 0.337 e. The summed E-state index contributed by atoms with van der Waals surface area (Å²) in [6, 6.07) is 0.669. The molecule has 1 aromatic rings. The van der Waals surface area contributed by atoms with Gasteiger partial charge in [0.05, 0.1) is 5.69 Å². The average Bonchev–Trinajstić information content (AvgIpc) is 2.73. The predicted octanol–water partition coefficient (Wildman–Crippen LogP) is 2.52. The summed E-state index contributed by atoms with van der Waals surface area (Å²) in [6.45, 7) is 2.25. The van der Waals surface area contributed by atoms with Crippen LogP contribution in [-0.4, -0.2) is 11.0 Å². The summed E-state index contributed by atoms with van der Waals surface area (Å²) in [4.78, 5) is 6.82. The SMILES string of the molecule is CC1=C2C=Cc3cncc4c3N2C(C1)C4. The molecule has 2 nitrogen and oxygen atoms in total. The van der Waals surface area contributed by atoms with Crippen molar-refractivity contribution < 1.29 is 0 Å². The Bertz CT molecular complexity index is 525. The number of allylic oxidation sites excluding steroid dienone is 1. The fraction of sp³-hybridized carbons (Fsp3) is 0.308. The normalized spacial score (nSPS) is 25.1. The van der Waals surface area contributed by atoms with Crippen LogP contribution < -0.4 is 4.90 Å². The summed E-state index contributed by atoms with van der Waals surface area (Å²) in [5.74, 6) is 0. The summed E-state index contributed by atoms with van der Waals surface area (Å²) >= 11 is 0. The molecule has 15 heavy (non-hydrogen) atoms. The van der Waals surface area contributed by atoms with Gasteiger partial charge >= 0.3 is 0 Å². The molecule has 1 atom stereocenters. The second kappa shape index (κ2) is 2.32. The number of anilines is 1. The second-order valence-electron chi connectivity index (χ2n) is 4.67. The molecule has 3 aliphatic heterocycles. The highest BCUT2D eigenvalue weighted by Gasteiger charge is 2.39. The van der Waals surface area contributed by atoms with Crippen LogP contribution in [0.25, 0.3) is 6.08 Å². The van der Waals surface area contributed by atoms with Crippen LogP contribution in [0.5, 0.6) is 0 Å². The van der Waals surface area contributed by atoms with Gasteiger partial charge in [-0.1, -0.05) is 0 Å². The van der Waals surface area contributed by atoms with Gasteiger partial charge in [0.2, 0.25) is 0 Å². The van der Waals surface area contributed by atoms with Gasteiger partial charge in [-0.05, 0) is 43.1 Å². The lowest BCUT2D eigenvalue weighted by Gasteiger charge is -2.26. The van der Waals surface area contributed by atoms with Gasteiger partial charge in [-0.3, -0.25) is 4.98 Å². The maximum atomic E-state index is 4.30. The summed E-state index contributed by atoms with van der Waals surface area (Å²) in [7, 11) is 0. The van der Waals surface area contributed by atoms with Gasteiger partial charge in [0.25, 0.3) is 0 Å². The zero-order valence-electron chi connectivity index (χ0n) is 8.70. The van der Waals surface area contributed by atoms with Crippen LogP contribution >= 0.6 is 0 Å². The Labute approximate surface area is 88.9 Å². The lowest BCUT2D eigenvalue weighted by molar-refractivity contribution is 0.711. The van der Waals surface area contributed by atoms with Gasteiger partial charge in [-0.25, -0.2) is 0 Å². The van der Waals surface area contributed by atoms with Crippen LogP contribution in [0.15, 0.2) is 29.7 Å². The van der Waals surface area contributed by atoms with E-state index in [-0.39, 0.29) is 0 Å². The van der Waals surface area contributed by atoms with Crippen molar-refractivity contribution in [3.63, 3.8) is 0 Å². The standard InChI is InChI=1S/C13H12N2/c1-8-4-11-5-10-7-14-6-9-2-3-12(8)15(11)13(9)10/h2-3,6-7,11H,4-5H2,1H3. The zero-order valence-corrected chi connectivity index (χ0v) is 8.70. The third-order valence-corrected chi connectivity index (χ3v) is 3.74. The number of hydrogen-bond acceptors (Lipinski definition) is 2. The van der Waals surface area contributed by atoms with Crippen molar-refractivity contribution in [2.75, 3.05) is 4.90 Å². The maximum absolute atomic E-state index is 4.30. The van der Waals surface area contributed by atoms with Crippen molar-refractivity contribution in [2.45, 2.75) is 25.8 Å². The summed E-state index contributed by atoms with van der Waals surface area (Å²) in [6.07, 6.45) is 10.8. The molecule has 4 rings (SSSR count). The number of aromatic nitrogens is 1. The van der Waals surface area contributed by atoms with Gasteiger partial charge < -0.3 is 4.90 Å². The maximum Gasteiger partial charge on any atom is 0.0551 e. The first-order valence-electron chi connectivity index (χ1n) is 5.48. The van der Waals surface area contributed by atoms with E-state index < -0.39 is 0 Å². The molecule has 1 aromatic heterocycles. The molecule has 0 aliphatic carbocycles. The molecule has 3 aliphatic rings. The third-order valence-electron chi connectivity index (χ3n) is 3.74. The van der Waals surface area contributed by atoms with Crippen molar-refractivity contribution in [1.29, 1.82) is 0 Å². The van der Waals surface area contributed by atoms with E-state index in [4.69, 9.17) is 0 Å². The van der Waals surface area contributed by atoms with E-state index in [1.54, 1.807) is 0 Å². The molecule has 0 amide bonds. The quantitative estimate of drug-likeness (QED) is 0.634. The number of rotatable bonds is 0. The molecule has 0 bridgehead atoms. The van der Waals surface area contributed by atoms with E-state index in [0.29, 0.717) is 6.04 Å². The predicted molar refractivity (Wildman–Crippen MR) is 60.6 cm³/mol. The third kappa shape index (κ3) is 0.788. The lowest BCUT2D eigenvalue weighted by atomic mass is 10.0. The highest BCUT2D eigenvalue weighted by atomic mass is 15.2. The Morgan fingerprint density at radius 3 is 3.13 bits per heavy atom. The van der Waals surface area contributed by atoms with Crippen molar-refractivity contribution >= 4 is 11.8 Å². The van der Waals surface area contributed by atoms with Gasteiger partial charge in [0.1, 0.15) is 0 Å². The Kier molecular flexibility index (Phi) is 1.19. The minimum absolute atomic E-state index is 0.669. The Morgan fingerprint density at radius 2 is 2.20 bits per heavy atom. The highest BCUT2D eigenvalue weighted by Crippen LogP contribution is 2.47. The van der Waals surface area contributed by atoms with E-state index in [0.717, 1.165) is 0 Å². The van der Waals surface area contributed by atoms with E-state index in [9.17, 15) is 0 Å². The second-order valence-corrected chi connectivity index (χ2v) is 4.67. The molecule has 0 N–H and O–H groups in total. The van der Waals surface area contributed by atoms with Crippen LogP contribution in [0.4, 0.5) is 5.69 Å². The topological polar surface area (TPSA) is 16.1 Å². The van der Waals surface area contributed by atoms with Crippen LogP contribution in [0.1, 0.15) is 24.5 Å². The highest BCUT2D eigenvalue weighted by molar-refractivity contribution is 5.82. The van der Waals surface area contributed by atoms with E-state index in [1.165, 1.54) is 40.9 Å². The molecule has 74 valence electrons. The first kappa shape index (κ1) is 7.69. The van der Waals surface area contributed by atoms with Gasteiger partial charge in [-0.15, -0.1) is 0 Å². The van der Waals surface area contributed by atoms with E-state index >= 15 is 0 Å². The Hall–Kier alpha value is -1.57. The zero-order chi connectivity index (χ0) is 9.99. The number of nitrogens with zero attached hydrogens (tertiary/aromatic N) is 2. The number of pyridine rings is 1. The van der Waals surface area contributed by atoms with Gasteiger partial charge in [-0.2, -0.15) is 0 Å². The monoisotopic (exact) mass is 196 g/mol. The van der Waals surface area contributed by atoms with Gasteiger partial charge in [0.15, 0.2) is 0 Å². The summed E-state index contributed by atoms with van der Waals surface area (Å²) < 4.78 is 0. The molecular formula is C13H12N2. The Balaban J connectivity index is 2.07. The molecule has 1 unspecified atom stereocenters. The first-order chi connectivity index (χ1) is 7.34. The van der Waals surface area contributed by atoms with Crippen molar-refractivity contribution in [3.05, 3.63) is 40.9 Å². The molecule has 0 radical (unpaired) electrons. The van der Waals surface area contributed by atoms with Crippen LogP contribution in [0.2, 0.25) is 0 Å². The minimum atomic E-state index is 0.669. The fourth-order valence-electron chi connectivity index (χ4n) is 3.14. The minimum Gasteiger partial charge on any atom is -0.337 e. The molecular weight excluding hydrogens is 184 g/mol. The van der Waals surface area contributed by atoms with Crippen molar-refractivity contribution in [1.82, 2.24) is 4.98 Å². The van der Waals surface area contributed by atoms with Crippen molar-refractivity contribution in [3.8, 4) is 0 Å². The van der Waals surface area contributed by atoms with E-state index in [1.807, 2.05) is 12.4 Å². The molecule has 2 heteroatoms. The lowest BCUT2D eigenvalue weighted by Crippen LogP contribution is -2.26. The molecule has 0 spiro atoms. The van der Waals surface area contributed by atoms with Crippen LogP contribution in [0.3, 0.4) is 0 Å². The first-order valence-corrected chi connectivity index (χ1v) is 5.48. The van der Waals surface area contributed by atoms with Gasteiger partial charge in [0, 0.05) is 29.7 Å². The molecule has 0 saturated heterocycles. The molecule has 0 saturated carbocycles. The average molecular weight is 196 g/mol. The molecule has 0 aromatic carbocycles. The Morgan fingerprint density at radius 1 is 1.27 bits per heavy atom. The molecule has 0 fully saturated rings. The smallest absolute Gasteiger partial charge is 0.0551 e. The van der Waals surface area contributed by atoms with Crippen LogP contribution in [0, 0.1) is 0 Å². The molecule has 4 heterocycles. The summed E-state index contributed by atoms with van der Waals surface area (Å²) in [5, 5.41) is 0.